The number of alkyl halides is 3. The summed E-state index contributed by atoms with van der Waals surface area (Å²) >= 11 is 0. The molecular weight excluding hydrogens is 335 g/mol. The molecule has 1 heterocycles. The van der Waals surface area contributed by atoms with E-state index in [4.69, 9.17) is 10.5 Å². The maximum Gasteiger partial charge on any atom is 0.422 e. The van der Waals surface area contributed by atoms with E-state index in [0.717, 1.165) is 0 Å². The van der Waals surface area contributed by atoms with Gasteiger partial charge in [0.15, 0.2) is 6.61 Å². The highest BCUT2D eigenvalue weighted by Crippen LogP contribution is 2.36. The Bertz CT molecular complexity index is 719. The highest BCUT2D eigenvalue weighted by Gasteiger charge is 2.29. The number of rotatable bonds is 6. The molecule has 0 aliphatic rings. The summed E-state index contributed by atoms with van der Waals surface area (Å²) in [5.41, 5.74) is 6.69. The summed E-state index contributed by atoms with van der Waals surface area (Å²) in [6.45, 7) is 0.195. The zero-order chi connectivity index (χ0) is 18.4. The van der Waals surface area contributed by atoms with Gasteiger partial charge in [0.1, 0.15) is 5.75 Å². The number of benzene rings is 1. The number of hydrogen-bond acceptors (Lipinski definition) is 4. The number of amides is 1. The average molecular weight is 353 g/mol. The predicted octanol–water partition coefficient (Wildman–Crippen LogP) is 3.37. The van der Waals surface area contributed by atoms with Crippen LogP contribution in [-0.2, 0) is 4.79 Å². The van der Waals surface area contributed by atoms with Crippen LogP contribution in [0.4, 0.5) is 18.9 Å². The lowest BCUT2D eigenvalue weighted by Crippen LogP contribution is -2.25. The Morgan fingerprint density at radius 2 is 2.04 bits per heavy atom. The largest absolute Gasteiger partial charge is 0.482 e. The third-order valence-corrected chi connectivity index (χ3v) is 3.13. The Labute approximate surface area is 143 Å². The molecule has 25 heavy (non-hydrogen) atoms. The number of nitrogens with one attached hydrogen (secondary N) is 1. The summed E-state index contributed by atoms with van der Waals surface area (Å²) in [7, 11) is 0. The van der Waals surface area contributed by atoms with Crippen LogP contribution in [0.15, 0.2) is 42.6 Å². The minimum absolute atomic E-state index is 0.0231. The molecule has 5 nitrogen and oxygen atoms in total. The number of anilines is 1. The highest BCUT2D eigenvalue weighted by atomic mass is 19.4. The molecule has 1 unspecified atom stereocenters. The molecule has 0 spiro atoms. The van der Waals surface area contributed by atoms with Crippen LogP contribution in [0.1, 0.15) is 13.3 Å². The van der Waals surface area contributed by atoms with E-state index in [0.29, 0.717) is 11.3 Å². The second-order valence-corrected chi connectivity index (χ2v) is 5.53. The van der Waals surface area contributed by atoms with Crippen molar-refractivity contribution in [1.82, 2.24) is 4.98 Å². The zero-order valence-corrected chi connectivity index (χ0v) is 13.5. The van der Waals surface area contributed by atoms with Crippen molar-refractivity contribution in [2.75, 3.05) is 11.9 Å². The SMILES string of the molecule is CC(N)CC(=O)Nc1c(OCC(F)(F)F)cccc1-c1ccccn1. The van der Waals surface area contributed by atoms with E-state index in [1.165, 1.54) is 12.1 Å². The molecule has 1 aromatic heterocycles. The van der Waals surface area contributed by atoms with E-state index in [1.807, 2.05) is 0 Å². The molecule has 134 valence electrons. The molecule has 1 atom stereocenters. The summed E-state index contributed by atoms with van der Waals surface area (Å²) in [6, 6.07) is 9.29. The van der Waals surface area contributed by atoms with Gasteiger partial charge in [0, 0.05) is 24.2 Å². The molecule has 0 bridgehead atoms. The maximum absolute atomic E-state index is 12.5. The third-order valence-electron chi connectivity index (χ3n) is 3.13. The maximum atomic E-state index is 12.5. The van der Waals surface area contributed by atoms with Crippen LogP contribution in [0.2, 0.25) is 0 Å². The summed E-state index contributed by atoms with van der Waals surface area (Å²) in [5, 5.41) is 2.59. The van der Waals surface area contributed by atoms with E-state index in [2.05, 4.69) is 10.3 Å². The van der Waals surface area contributed by atoms with E-state index in [1.54, 1.807) is 37.4 Å². The van der Waals surface area contributed by atoms with Gasteiger partial charge in [0.05, 0.1) is 11.4 Å². The van der Waals surface area contributed by atoms with Crippen LogP contribution in [-0.4, -0.2) is 29.7 Å². The fourth-order valence-electron chi connectivity index (χ4n) is 2.16. The third kappa shape index (κ3) is 5.75. The van der Waals surface area contributed by atoms with Gasteiger partial charge in [-0.2, -0.15) is 13.2 Å². The molecule has 2 aromatic rings. The van der Waals surface area contributed by atoms with Crippen molar-refractivity contribution in [2.24, 2.45) is 5.73 Å². The van der Waals surface area contributed by atoms with Gasteiger partial charge in [-0.1, -0.05) is 18.2 Å². The molecule has 8 heteroatoms. The number of carbonyl (C=O) groups is 1. The lowest BCUT2D eigenvalue weighted by molar-refractivity contribution is -0.153. The number of ether oxygens (including phenoxy) is 1. The molecule has 1 aromatic carbocycles. The summed E-state index contributed by atoms with van der Waals surface area (Å²) in [6.07, 6.45) is -2.92. The van der Waals surface area contributed by atoms with Gasteiger partial charge in [-0.25, -0.2) is 0 Å². The Hall–Kier alpha value is -2.61. The standard InChI is InChI=1S/C17H18F3N3O2/c1-11(21)9-15(24)23-16-12(13-6-2-3-8-22-13)5-4-7-14(16)25-10-17(18,19)20/h2-8,11H,9-10,21H2,1H3,(H,23,24). The van der Waals surface area contributed by atoms with Crippen molar-refractivity contribution in [3.8, 4) is 17.0 Å². The van der Waals surface area contributed by atoms with Crippen molar-refractivity contribution < 1.29 is 22.7 Å². The summed E-state index contributed by atoms with van der Waals surface area (Å²) in [4.78, 5) is 16.2. The molecule has 0 aliphatic carbocycles. The van der Waals surface area contributed by atoms with Gasteiger partial charge in [0.25, 0.3) is 0 Å². The van der Waals surface area contributed by atoms with Crippen LogP contribution in [0, 0.1) is 0 Å². The number of halogens is 3. The molecule has 0 aliphatic heterocycles. The van der Waals surface area contributed by atoms with Gasteiger partial charge in [-0.05, 0) is 25.1 Å². The van der Waals surface area contributed by atoms with Crippen LogP contribution in [0.5, 0.6) is 5.75 Å². The van der Waals surface area contributed by atoms with E-state index >= 15 is 0 Å². The second kappa shape index (κ2) is 7.98. The van der Waals surface area contributed by atoms with Gasteiger partial charge in [0.2, 0.25) is 5.91 Å². The first-order valence-electron chi connectivity index (χ1n) is 7.55. The van der Waals surface area contributed by atoms with Gasteiger partial charge < -0.3 is 15.8 Å². The first kappa shape index (κ1) is 18.7. The lowest BCUT2D eigenvalue weighted by Gasteiger charge is -2.17. The lowest BCUT2D eigenvalue weighted by atomic mass is 10.1. The van der Waals surface area contributed by atoms with Crippen molar-refractivity contribution >= 4 is 11.6 Å². The molecule has 2 rings (SSSR count). The number of aromatic nitrogens is 1. The quantitative estimate of drug-likeness (QED) is 0.835. The minimum Gasteiger partial charge on any atom is -0.482 e. The number of pyridine rings is 1. The number of carbonyl (C=O) groups excluding carboxylic acids is 1. The van der Waals surface area contributed by atoms with Crippen LogP contribution >= 0.6 is 0 Å². The smallest absolute Gasteiger partial charge is 0.422 e. The molecule has 0 saturated heterocycles. The Morgan fingerprint density at radius 1 is 1.28 bits per heavy atom. The Morgan fingerprint density at radius 3 is 2.64 bits per heavy atom. The van der Waals surface area contributed by atoms with E-state index in [9.17, 15) is 18.0 Å². The van der Waals surface area contributed by atoms with Crippen molar-refractivity contribution in [3.05, 3.63) is 42.6 Å². The second-order valence-electron chi connectivity index (χ2n) is 5.53. The molecule has 1 amide bonds. The zero-order valence-electron chi connectivity index (χ0n) is 13.5. The van der Waals surface area contributed by atoms with Crippen LogP contribution in [0.3, 0.4) is 0 Å². The topological polar surface area (TPSA) is 77.2 Å². The number of hydrogen-bond donors (Lipinski definition) is 2. The van der Waals surface area contributed by atoms with Crippen molar-refractivity contribution in [2.45, 2.75) is 25.6 Å². The molecule has 0 saturated carbocycles. The number of para-hydroxylation sites is 1. The molecule has 0 radical (unpaired) electrons. The van der Waals surface area contributed by atoms with Crippen LogP contribution in [0.25, 0.3) is 11.3 Å². The first-order valence-corrected chi connectivity index (χ1v) is 7.55. The van der Waals surface area contributed by atoms with Gasteiger partial charge in [-0.3, -0.25) is 9.78 Å². The summed E-state index contributed by atoms with van der Waals surface area (Å²) < 4.78 is 42.3. The predicted molar refractivity (Wildman–Crippen MR) is 88.1 cm³/mol. The fourth-order valence-corrected chi connectivity index (χ4v) is 2.16. The molecule has 0 fully saturated rings. The van der Waals surface area contributed by atoms with Gasteiger partial charge >= 0.3 is 6.18 Å². The number of nitrogens with two attached hydrogens (primary N) is 1. The molecule has 3 N–H and O–H groups in total. The van der Waals surface area contributed by atoms with Crippen LogP contribution < -0.4 is 15.8 Å². The normalized spacial score (nSPS) is 12.5. The monoisotopic (exact) mass is 353 g/mol. The molecular formula is C17H18F3N3O2. The number of nitrogens with zero attached hydrogens (tertiary/aromatic N) is 1. The fraction of sp³-hybridized carbons (Fsp3) is 0.294. The van der Waals surface area contributed by atoms with Gasteiger partial charge in [-0.15, -0.1) is 0 Å². The van der Waals surface area contributed by atoms with Crippen molar-refractivity contribution in [3.63, 3.8) is 0 Å². The highest BCUT2D eigenvalue weighted by molar-refractivity contribution is 5.97. The minimum atomic E-state index is -4.49. The average Bonchev–Trinajstić information content (AvgIpc) is 2.53. The Kier molecular flexibility index (Phi) is 5.97. The first-order chi connectivity index (χ1) is 11.8. The van der Waals surface area contributed by atoms with E-state index < -0.39 is 18.7 Å². The van der Waals surface area contributed by atoms with E-state index in [-0.39, 0.29) is 23.9 Å². The van der Waals surface area contributed by atoms with Crippen molar-refractivity contribution in [1.29, 1.82) is 0 Å². The summed E-state index contributed by atoms with van der Waals surface area (Å²) in [5.74, 6) is -0.506. The Balaban J connectivity index is 2.39.